The lowest BCUT2D eigenvalue weighted by atomic mass is 10.1. The molecule has 2 N–H and O–H groups in total. The normalized spacial score (nSPS) is 17.9. The summed E-state index contributed by atoms with van der Waals surface area (Å²) in [4.78, 5) is 11.0. The molecule has 10 heteroatoms. The van der Waals surface area contributed by atoms with Gasteiger partial charge in [-0.05, 0) is 31.0 Å². The summed E-state index contributed by atoms with van der Waals surface area (Å²) >= 11 is 0. The van der Waals surface area contributed by atoms with Gasteiger partial charge in [0, 0.05) is 32.2 Å². The predicted molar refractivity (Wildman–Crippen MR) is 85.4 cm³/mol. The Morgan fingerprint density at radius 1 is 1.24 bits per heavy atom. The lowest BCUT2D eigenvalue weighted by Gasteiger charge is -2.26. The molecular formula is C15H20F3N3O3S. The Hall–Kier alpha value is -1.65. The van der Waals surface area contributed by atoms with Crippen LogP contribution >= 0.6 is 0 Å². The maximum atomic E-state index is 12.5. The van der Waals surface area contributed by atoms with Crippen molar-refractivity contribution in [3.8, 4) is 0 Å². The molecule has 1 saturated heterocycles. The van der Waals surface area contributed by atoms with Gasteiger partial charge in [-0.25, -0.2) is 8.42 Å². The molecule has 0 aliphatic carbocycles. The SMILES string of the molecule is C[C@@H](Cc1ccc(S(=O)(=O)N2CCNCC2)cc1)NC(=O)C(F)(F)F. The minimum Gasteiger partial charge on any atom is -0.345 e. The maximum Gasteiger partial charge on any atom is 0.471 e. The van der Waals surface area contributed by atoms with Crippen LogP contribution in [0.3, 0.4) is 0 Å². The third-order valence-electron chi connectivity index (χ3n) is 3.81. The minimum atomic E-state index is -4.92. The molecule has 1 aliphatic heterocycles. The van der Waals surface area contributed by atoms with Crippen LogP contribution in [0.25, 0.3) is 0 Å². The number of halogens is 3. The lowest BCUT2D eigenvalue weighted by molar-refractivity contribution is -0.174. The number of amides is 1. The van der Waals surface area contributed by atoms with Crippen molar-refractivity contribution in [2.24, 2.45) is 0 Å². The standard InChI is InChI=1S/C15H20F3N3O3S/c1-11(20-14(22)15(16,17)18)10-12-2-4-13(5-3-12)25(23,24)21-8-6-19-7-9-21/h2-5,11,19H,6-10H2,1H3,(H,20,22)/t11-/m0/s1. The number of carbonyl (C=O) groups excluding carboxylic acids is 1. The Bertz CT molecular complexity index is 699. The molecule has 0 aromatic heterocycles. The minimum absolute atomic E-state index is 0.144. The third-order valence-corrected chi connectivity index (χ3v) is 5.73. The van der Waals surface area contributed by atoms with Crippen molar-refractivity contribution in [3.63, 3.8) is 0 Å². The Morgan fingerprint density at radius 3 is 2.32 bits per heavy atom. The fourth-order valence-electron chi connectivity index (χ4n) is 2.54. The van der Waals surface area contributed by atoms with E-state index in [0.717, 1.165) is 0 Å². The second-order valence-electron chi connectivity index (χ2n) is 5.87. The van der Waals surface area contributed by atoms with Crippen LogP contribution in [-0.2, 0) is 21.2 Å². The largest absolute Gasteiger partial charge is 0.471 e. The van der Waals surface area contributed by atoms with Gasteiger partial charge in [-0.3, -0.25) is 4.79 Å². The van der Waals surface area contributed by atoms with Gasteiger partial charge in [0.05, 0.1) is 4.90 Å². The summed E-state index contributed by atoms with van der Waals surface area (Å²) < 4.78 is 63.0. The van der Waals surface area contributed by atoms with Crippen molar-refractivity contribution in [1.82, 2.24) is 14.9 Å². The van der Waals surface area contributed by atoms with Crippen molar-refractivity contribution in [1.29, 1.82) is 0 Å². The van der Waals surface area contributed by atoms with Crippen LogP contribution in [-0.4, -0.2) is 57.0 Å². The quantitative estimate of drug-likeness (QED) is 0.797. The molecule has 0 unspecified atom stereocenters. The third kappa shape index (κ3) is 5.16. The van der Waals surface area contributed by atoms with Crippen molar-refractivity contribution >= 4 is 15.9 Å². The molecule has 1 amide bonds. The summed E-state index contributed by atoms with van der Waals surface area (Å²) in [6.07, 6.45) is -4.76. The first-order chi connectivity index (χ1) is 11.6. The van der Waals surface area contributed by atoms with Crippen molar-refractivity contribution < 1.29 is 26.4 Å². The molecule has 0 radical (unpaired) electrons. The Balaban J connectivity index is 2.01. The number of piperazine rings is 1. The molecule has 1 atom stereocenters. The molecule has 25 heavy (non-hydrogen) atoms. The van der Waals surface area contributed by atoms with Gasteiger partial charge < -0.3 is 10.6 Å². The van der Waals surface area contributed by atoms with Gasteiger partial charge in [0.1, 0.15) is 0 Å². The van der Waals surface area contributed by atoms with Crippen molar-refractivity contribution in [2.45, 2.75) is 30.5 Å². The number of rotatable bonds is 5. The van der Waals surface area contributed by atoms with Crippen LogP contribution in [0.4, 0.5) is 13.2 Å². The molecule has 0 spiro atoms. The Morgan fingerprint density at radius 2 is 1.80 bits per heavy atom. The summed E-state index contributed by atoms with van der Waals surface area (Å²) in [5.74, 6) is -1.99. The molecule has 1 fully saturated rings. The van der Waals surface area contributed by atoms with Crippen molar-refractivity contribution in [2.75, 3.05) is 26.2 Å². The van der Waals surface area contributed by atoms with Crippen molar-refractivity contribution in [3.05, 3.63) is 29.8 Å². The van der Waals surface area contributed by atoms with Gasteiger partial charge in [0.15, 0.2) is 0 Å². The van der Waals surface area contributed by atoms with E-state index in [9.17, 15) is 26.4 Å². The zero-order valence-electron chi connectivity index (χ0n) is 13.6. The van der Waals surface area contributed by atoms with Gasteiger partial charge in [-0.2, -0.15) is 17.5 Å². The monoisotopic (exact) mass is 379 g/mol. The van der Waals surface area contributed by atoms with Gasteiger partial charge in [-0.1, -0.05) is 12.1 Å². The van der Waals surface area contributed by atoms with Crippen LogP contribution in [0, 0.1) is 0 Å². The highest BCUT2D eigenvalue weighted by atomic mass is 32.2. The van der Waals surface area contributed by atoms with Gasteiger partial charge in [-0.15, -0.1) is 0 Å². The average Bonchev–Trinajstić information content (AvgIpc) is 2.55. The highest BCUT2D eigenvalue weighted by molar-refractivity contribution is 7.89. The van der Waals surface area contributed by atoms with Crippen LogP contribution < -0.4 is 10.6 Å². The molecule has 6 nitrogen and oxygen atoms in total. The number of hydrogen-bond acceptors (Lipinski definition) is 4. The molecule has 1 aromatic carbocycles. The zero-order chi connectivity index (χ0) is 18.7. The topological polar surface area (TPSA) is 78.5 Å². The van der Waals surface area contributed by atoms with E-state index in [0.29, 0.717) is 31.7 Å². The molecule has 1 aliphatic rings. The van der Waals surface area contributed by atoms with Gasteiger partial charge >= 0.3 is 12.1 Å². The van der Waals surface area contributed by atoms with E-state index in [1.165, 1.54) is 23.4 Å². The molecule has 0 bridgehead atoms. The van der Waals surface area contributed by atoms with E-state index in [1.807, 2.05) is 5.32 Å². The number of nitrogens with zero attached hydrogens (tertiary/aromatic N) is 1. The first-order valence-corrected chi connectivity index (χ1v) is 9.22. The summed E-state index contributed by atoms with van der Waals surface area (Å²) in [6, 6.07) is 5.23. The number of carbonyl (C=O) groups is 1. The summed E-state index contributed by atoms with van der Waals surface area (Å²) in [5.41, 5.74) is 0.634. The average molecular weight is 379 g/mol. The molecule has 140 valence electrons. The second-order valence-corrected chi connectivity index (χ2v) is 7.81. The fourth-order valence-corrected chi connectivity index (χ4v) is 3.98. The van der Waals surface area contributed by atoms with E-state index < -0.39 is 28.1 Å². The fraction of sp³-hybridized carbons (Fsp3) is 0.533. The number of benzene rings is 1. The number of nitrogens with one attached hydrogen (secondary N) is 2. The first kappa shape index (κ1) is 19.7. The Labute approximate surface area is 144 Å². The van der Waals surface area contributed by atoms with Crippen LogP contribution in [0.2, 0.25) is 0 Å². The summed E-state index contributed by atoms with van der Waals surface area (Å²) in [6.45, 7) is 3.42. The van der Waals surface area contributed by atoms with E-state index in [1.54, 1.807) is 12.1 Å². The highest BCUT2D eigenvalue weighted by Crippen LogP contribution is 2.18. The number of sulfonamides is 1. The molecule has 0 saturated carbocycles. The van der Waals surface area contributed by atoms with E-state index in [2.05, 4.69) is 5.32 Å². The molecule has 1 heterocycles. The van der Waals surface area contributed by atoms with E-state index in [4.69, 9.17) is 0 Å². The smallest absolute Gasteiger partial charge is 0.345 e. The van der Waals surface area contributed by atoms with E-state index in [-0.39, 0.29) is 11.3 Å². The predicted octanol–water partition coefficient (Wildman–Crippen LogP) is 0.890. The van der Waals surface area contributed by atoms with Crippen LogP contribution in [0.5, 0.6) is 0 Å². The molecule has 1 aromatic rings. The van der Waals surface area contributed by atoms with Crippen LogP contribution in [0.1, 0.15) is 12.5 Å². The van der Waals surface area contributed by atoms with Gasteiger partial charge in [0.25, 0.3) is 0 Å². The maximum absolute atomic E-state index is 12.5. The number of hydrogen-bond donors (Lipinski definition) is 2. The first-order valence-electron chi connectivity index (χ1n) is 7.78. The van der Waals surface area contributed by atoms with Crippen LogP contribution in [0.15, 0.2) is 29.2 Å². The second kappa shape index (κ2) is 7.71. The molecule has 2 rings (SSSR count). The zero-order valence-corrected chi connectivity index (χ0v) is 14.5. The summed E-state index contributed by atoms with van der Waals surface area (Å²) in [5, 5.41) is 4.94. The Kier molecular flexibility index (Phi) is 6.07. The van der Waals surface area contributed by atoms with Gasteiger partial charge in [0.2, 0.25) is 10.0 Å². The van der Waals surface area contributed by atoms with E-state index >= 15 is 0 Å². The molecular weight excluding hydrogens is 359 g/mol. The number of alkyl halides is 3. The summed E-state index contributed by atoms with van der Waals surface area (Å²) in [7, 11) is -3.57. The highest BCUT2D eigenvalue weighted by Gasteiger charge is 2.39. The lowest BCUT2D eigenvalue weighted by Crippen LogP contribution is -2.46.